The summed E-state index contributed by atoms with van der Waals surface area (Å²) in [5.41, 5.74) is 3.34. The molecule has 0 spiro atoms. The summed E-state index contributed by atoms with van der Waals surface area (Å²) in [4.78, 5) is 25.8. The summed E-state index contributed by atoms with van der Waals surface area (Å²) in [6, 6.07) is 4.52. The number of fused-ring (bicyclic) bond motifs is 2. The molecule has 2 unspecified atom stereocenters. The molecule has 0 radical (unpaired) electrons. The maximum Gasteiger partial charge on any atom is 0.259 e. The number of allylic oxidation sites excluding steroid dienone is 1. The van der Waals surface area contributed by atoms with E-state index in [1.807, 2.05) is 6.92 Å². The highest BCUT2D eigenvalue weighted by Gasteiger charge is 2.40. The van der Waals surface area contributed by atoms with E-state index >= 15 is 0 Å². The van der Waals surface area contributed by atoms with E-state index in [1.165, 1.54) is 23.3 Å². The number of aryl methyl sites for hydroxylation is 2. The molecule has 1 saturated heterocycles. The lowest BCUT2D eigenvalue weighted by Gasteiger charge is -2.20. The van der Waals surface area contributed by atoms with Gasteiger partial charge in [0.1, 0.15) is 17.1 Å². The zero-order chi connectivity index (χ0) is 22.5. The summed E-state index contributed by atoms with van der Waals surface area (Å²) in [6.45, 7) is 3.79. The van der Waals surface area contributed by atoms with E-state index in [4.69, 9.17) is 14.7 Å². The molecule has 33 heavy (non-hydrogen) atoms. The Kier molecular flexibility index (Phi) is 4.70. The summed E-state index contributed by atoms with van der Waals surface area (Å²) in [6.07, 6.45) is 7.88. The first-order valence-electron chi connectivity index (χ1n) is 11.2. The molecule has 0 bridgehead atoms. The number of nitrogens with zero attached hydrogens (tertiary/aromatic N) is 6. The summed E-state index contributed by atoms with van der Waals surface area (Å²) < 4.78 is 20.5. The summed E-state index contributed by atoms with van der Waals surface area (Å²) >= 11 is 0. The number of benzene rings is 1. The zero-order valence-corrected chi connectivity index (χ0v) is 18.2. The van der Waals surface area contributed by atoms with Gasteiger partial charge in [0.25, 0.3) is 5.91 Å². The molecule has 6 rings (SSSR count). The molecule has 2 atom stereocenters. The Hall–Kier alpha value is -3.62. The second-order valence-corrected chi connectivity index (χ2v) is 8.84. The van der Waals surface area contributed by atoms with E-state index in [1.54, 1.807) is 17.0 Å². The van der Waals surface area contributed by atoms with Crippen LogP contribution in [0.15, 0.2) is 36.7 Å². The van der Waals surface area contributed by atoms with Gasteiger partial charge in [-0.3, -0.25) is 4.79 Å². The van der Waals surface area contributed by atoms with Crippen LogP contribution in [0.5, 0.6) is 5.75 Å². The van der Waals surface area contributed by atoms with E-state index in [2.05, 4.69) is 16.3 Å². The number of carbonyl (C=O) groups excluding carboxylic acids is 1. The number of ether oxygens (including phenoxy) is 1. The number of halogens is 1. The van der Waals surface area contributed by atoms with Gasteiger partial charge in [-0.2, -0.15) is 15.0 Å². The lowest BCUT2D eigenvalue weighted by atomic mass is 10.00. The third kappa shape index (κ3) is 3.39. The van der Waals surface area contributed by atoms with E-state index in [0.29, 0.717) is 25.4 Å². The smallest absolute Gasteiger partial charge is 0.259 e. The Morgan fingerprint density at radius 2 is 2.03 bits per heavy atom. The van der Waals surface area contributed by atoms with Crippen LogP contribution >= 0.6 is 0 Å². The fraction of sp³-hybridized carbons (Fsp3) is 0.375. The van der Waals surface area contributed by atoms with Gasteiger partial charge in [0.2, 0.25) is 0 Å². The van der Waals surface area contributed by atoms with Crippen molar-refractivity contribution in [2.45, 2.75) is 26.2 Å². The number of carbonyl (C=O) groups is 1. The van der Waals surface area contributed by atoms with Crippen molar-refractivity contribution in [3.05, 3.63) is 65.3 Å². The highest BCUT2D eigenvalue weighted by Crippen LogP contribution is 2.41. The summed E-state index contributed by atoms with van der Waals surface area (Å²) in [5.74, 6) is 1.18. The van der Waals surface area contributed by atoms with E-state index in [-0.39, 0.29) is 23.3 Å². The van der Waals surface area contributed by atoms with Crippen molar-refractivity contribution in [2.24, 2.45) is 11.8 Å². The Morgan fingerprint density at radius 3 is 2.85 bits per heavy atom. The second kappa shape index (κ2) is 7.75. The maximum atomic E-state index is 14.7. The van der Waals surface area contributed by atoms with Gasteiger partial charge in [0, 0.05) is 13.1 Å². The molecule has 3 aliphatic rings. The first-order chi connectivity index (χ1) is 16.1. The third-order valence-electron chi connectivity index (χ3n) is 6.71. The van der Waals surface area contributed by atoms with Crippen LogP contribution in [-0.2, 0) is 6.42 Å². The number of aromatic nitrogens is 5. The van der Waals surface area contributed by atoms with E-state index < -0.39 is 5.82 Å². The van der Waals surface area contributed by atoms with E-state index in [0.717, 1.165) is 47.8 Å². The van der Waals surface area contributed by atoms with Gasteiger partial charge in [-0.15, -0.1) is 0 Å². The van der Waals surface area contributed by atoms with Crippen LogP contribution in [0.4, 0.5) is 4.39 Å². The Labute approximate surface area is 190 Å². The minimum Gasteiger partial charge on any atom is -0.490 e. The lowest BCUT2D eigenvalue weighted by molar-refractivity contribution is 0.0780. The summed E-state index contributed by atoms with van der Waals surface area (Å²) in [5, 5.41) is 8.14. The molecule has 0 saturated carbocycles. The number of rotatable bonds is 3. The second-order valence-electron chi connectivity index (χ2n) is 8.84. The molecule has 8 nitrogen and oxygen atoms in total. The molecule has 1 fully saturated rings. The van der Waals surface area contributed by atoms with Crippen LogP contribution in [-0.4, -0.2) is 55.5 Å². The predicted molar refractivity (Wildman–Crippen MR) is 117 cm³/mol. The first-order valence-corrected chi connectivity index (χ1v) is 11.2. The van der Waals surface area contributed by atoms with Crippen molar-refractivity contribution in [3.8, 4) is 11.4 Å². The van der Waals surface area contributed by atoms with Gasteiger partial charge in [0.15, 0.2) is 11.6 Å². The van der Waals surface area contributed by atoms with E-state index in [9.17, 15) is 9.18 Å². The van der Waals surface area contributed by atoms with Crippen molar-refractivity contribution in [2.75, 3.05) is 19.7 Å². The van der Waals surface area contributed by atoms with Gasteiger partial charge in [0.05, 0.1) is 30.4 Å². The van der Waals surface area contributed by atoms with Crippen LogP contribution in [0, 0.1) is 24.6 Å². The predicted octanol–water partition coefficient (Wildman–Crippen LogP) is 3.01. The standard InChI is InChI=1S/C24H23FN6O2/c1-14-22-19(5-3-9-33-22)29-23(28-14)15-10-16-12-30(13-17(16)11-15)24(32)21-18(25)4-2-6-20(21)31-26-7-8-27-31/h2,4,6-8,10,16-17H,3,5,9,11-13H2,1H3. The molecule has 1 aliphatic carbocycles. The van der Waals surface area contributed by atoms with Crippen molar-refractivity contribution < 1.29 is 13.9 Å². The molecule has 0 N–H and O–H groups in total. The fourth-order valence-corrected chi connectivity index (χ4v) is 5.17. The molecule has 3 aromatic rings. The molecule has 1 amide bonds. The van der Waals surface area contributed by atoms with Gasteiger partial charge in [-0.25, -0.2) is 14.4 Å². The first kappa shape index (κ1) is 20.0. The molecule has 1 aromatic carbocycles. The number of hydrogen-bond donors (Lipinski definition) is 0. The normalized spacial score (nSPS) is 21.4. The van der Waals surface area contributed by atoms with Crippen molar-refractivity contribution in [3.63, 3.8) is 0 Å². The van der Waals surface area contributed by atoms with Gasteiger partial charge in [-0.1, -0.05) is 12.1 Å². The van der Waals surface area contributed by atoms with Gasteiger partial charge < -0.3 is 9.64 Å². The Balaban J connectivity index is 1.24. The molecule has 2 aliphatic heterocycles. The zero-order valence-electron chi connectivity index (χ0n) is 18.2. The number of amides is 1. The topological polar surface area (TPSA) is 86.0 Å². The van der Waals surface area contributed by atoms with Gasteiger partial charge >= 0.3 is 0 Å². The largest absolute Gasteiger partial charge is 0.490 e. The molecule has 4 heterocycles. The molecular formula is C24H23FN6O2. The maximum absolute atomic E-state index is 14.7. The highest BCUT2D eigenvalue weighted by molar-refractivity contribution is 5.98. The van der Waals surface area contributed by atoms with Crippen LogP contribution in [0.3, 0.4) is 0 Å². The van der Waals surface area contributed by atoms with Crippen molar-refractivity contribution >= 4 is 11.5 Å². The number of hydrogen-bond acceptors (Lipinski definition) is 6. The highest BCUT2D eigenvalue weighted by atomic mass is 19.1. The molecule has 2 aromatic heterocycles. The Morgan fingerprint density at radius 1 is 1.18 bits per heavy atom. The Bertz CT molecular complexity index is 1270. The minimum atomic E-state index is -0.566. The van der Waals surface area contributed by atoms with Crippen molar-refractivity contribution in [1.29, 1.82) is 0 Å². The van der Waals surface area contributed by atoms with Crippen LogP contribution in [0.1, 0.15) is 40.4 Å². The average Bonchev–Trinajstić information content (AvgIpc) is 3.55. The lowest BCUT2D eigenvalue weighted by Crippen LogP contribution is -2.31. The van der Waals surface area contributed by atoms with Crippen molar-refractivity contribution in [1.82, 2.24) is 29.9 Å². The average molecular weight is 446 g/mol. The fourth-order valence-electron chi connectivity index (χ4n) is 5.17. The van der Waals surface area contributed by atoms with Crippen LogP contribution in [0.25, 0.3) is 11.3 Å². The summed E-state index contributed by atoms with van der Waals surface area (Å²) in [7, 11) is 0. The number of likely N-dealkylation sites (tertiary alicyclic amines) is 1. The third-order valence-corrected chi connectivity index (χ3v) is 6.71. The van der Waals surface area contributed by atoms with Crippen LogP contribution in [0.2, 0.25) is 0 Å². The molecule has 168 valence electrons. The minimum absolute atomic E-state index is 0.00604. The quantitative estimate of drug-likeness (QED) is 0.615. The van der Waals surface area contributed by atoms with Crippen LogP contribution < -0.4 is 4.74 Å². The monoisotopic (exact) mass is 446 g/mol. The molecule has 9 heteroatoms. The van der Waals surface area contributed by atoms with Gasteiger partial charge in [-0.05, 0) is 55.7 Å². The molecular weight excluding hydrogens is 423 g/mol. The SMILES string of the molecule is Cc1nc(C2=CC3CN(C(=O)c4c(F)cccc4-n4nccn4)CC3C2)nc2c1OCCC2.